The summed E-state index contributed by atoms with van der Waals surface area (Å²) in [4.78, 5) is 12.0. The van der Waals surface area contributed by atoms with Gasteiger partial charge in [0, 0.05) is 11.6 Å². The maximum atomic E-state index is 13.1. The zero-order chi connectivity index (χ0) is 14.0. The van der Waals surface area contributed by atoms with Crippen molar-refractivity contribution < 1.29 is 13.9 Å². The number of halogens is 3. The van der Waals surface area contributed by atoms with Gasteiger partial charge in [0.1, 0.15) is 5.82 Å². The number of hydrogen-bond acceptors (Lipinski definition) is 2. The molecule has 1 aromatic carbocycles. The lowest BCUT2D eigenvalue weighted by molar-refractivity contribution is -0.129. The predicted octanol–water partition coefficient (Wildman–Crippen LogP) is 4.14. The molecule has 1 saturated carbocycles. The second-order valence-corrected chi connectivity index (χ2v) is 5.97. The summed E-state index contributed by atoms with van der Waals surface area (Å²) in [6.45, 7) is 0. The van der Waals surface area contributed by atoms with Crippen LogP contribution in [0.2, 0.25) is 5.02 Å². The Labute approximate surface area is 124 Å². The summed E-state index contributed by atoms with van der Waals surface area (Å²) >= 11 is 9.10. The molecule has 0 heterocycles. The van der Waals surface area contributed by atoms with Crippen LogP contribution >= 0.6 is 27.5 Å². The van der Waals surface area contributed by atoms with Crippen molar-refractivity contribution in [2.75, 3.05) is 12.4 Å². The molecule has 0 saturated heterocycles. The number of benzene rings is 1. The minimum Gasteiger partial charge on any atom is -0.378 e. The van der Waals surface area contributed by atoms with Crippen molar-refractivity contribution in [3.8, 4) is 0 Å². The van der Waals surface area contributed by atoms with Gasteiger partial charge in [-0.15, -0.1) is 0 Å². The number of carbonyl (C=O) groups excluding carboxylic acids is 1. The summed E-state index contributed by atoms with van der Waals surface area (Å²) in [5.41, 5.74) is 0.0435. The average molecular weight is 351 g/mol. The number of nitrogens with one attached hydrogen (secondary N) is 1. The van der Waals surface area contributed by atoms with Gasteiger partial charge in [0.05, 0.1) is 22.7 Å². The molecular weight excluding hydrogens is 337 g/mol. The molecule has 0 atom stereocenters. The lowest BCUT2D eigenvalue weighted by Crippen LogP contribution is -2.42. The molecule has 19 heavy (non-hydrogen) atoms. The van der Waals surface area contributed by atoms with E-state index in [0.29, 0.717) is 10.2 Å². The number of amides is 1. The number of methoxy groups -OCH3 is 1. The third-order valence-corrected chi connectivity index (χ3v) is 4.38. The van der Waals surface area contributed by atoms with Crippen molar-refractivity contribution in [2.45, 2.75) is 31.3 Å². The normalized spacial score (nSPS) is 16.8. The first-order valence-corrected chi connectivity index (χ1v) is 7.12. The van der Waals surface area contributed by atoms with Crippen LogP contribution in [-0.2, 0) is 9.53 Å². The van der Waals surface area contributed by atoms with Crippen LogP contribution < -0.4 is 5.32 Å². The Balaban J connectivity index is 2.07. The molecule has 3 nitrogen and oxygen atoms in total. The van der Waals surface area contributed by atoms with Gasteiger partial charge in [0.15, 0.2) is 0 Å². The molecule has 104 valence electrons. The fourth-order valence-electron chi connectivity index (χ4n) is 2.16. The summed E-state index contributed by atoms with van der Waals surface area (Å²) in [5, 5.41) is 2.87. The predicted molar refractivity (Wildman–Crippen MR) is 75.9 cm³/mol. The Morgan fingerprint density at radius 3 is 2.74 bits per heavy atom. The van der Waals surface area contributed by atoms with Crippen molar-refractivity contribution in [2.24, 2.45) is 0 Å². The minimum atomic E-state index is -0.456. The summed E-state index contributed by atoms with van der Waals surface area (Å²) in [7, 11) is 1.62. The van der Waals surface area contributed by atoms with Gasteiger partial charge in [0.25, 0.3) is 0 Å². The molecule has 0 unspecified atom stereocenters. The number of rotatable bonds is 4. The largest absolute Gasteiger partial charge is 0.378 e. The monoisotopic (exact) mass is 349 g/mol. The quantitative estimate of drug-likeness (QED) is 0.886. The van der Waals surface area contributed by atoms with E-state index in [1.165, 1.54) is 6.07 Å². The van der Waals surface area contributed by atoms with E-state index >= 15 is 0 Å². The topological polar surface area (TPSA) is 38.3 Å². The average Bonchev–Trinajstić information content (AvgIpc) is 2.28. The third kappa shape index (κ3) is 3.27. The highest BCUT2D eigenvalue weighted by Gasteiger charge is 2.39. The molecule has 2 rings (SSSR count). The Morgan fingerprint density at radius 1 is 1.58 bits per heavy atom. The molecule has 1 amide bonds. The van der Waals surface area contributed by atoms with Gasteiger partial charge in [-0.3, -0.25) is 4.79 Å². The first-order valence-electron chi connectivity index (χ1n) is 5.95. The van der Waals surface area contributed by atoms with E-state index in [9.17, 15) is 9.18 Å². The molecule has 1 fully saturated rings. The number of carbonyl (C=O) groups is 1. The Morgan fingerprint density at radius 2 is 2.26 bits per heavy atom. The van der Waals surface area contributed by atoms with Gasteiger partial charge >= 0.3 is 0 Å². The third-order valence-electron chi connectivity index (χ3n) is 3.45. The van der Waals surface area contributed by atoms with E-state index in [1.807, 2.05) is 0 Å². The lowest BCUT2D eigenvalue weighted by Gasteiger charge is -2.39. The van der Waals surface area contributed by atoms with Crippen LogP contribution in [0.25, 0.3) is 0 Å². The van der Waals surface area contributed by atoms with Gasteiger partial charge in [-0.1, -0.05) is 11.6 Å². The van der Waals surface area contributed by atoms with Gasteiger partial charge < -0.3 is 10.1 Å². The molecule has 1 aromatic rings. The van der Waals surface area contributed by atoms with Crippen LogP contribution in [0.1, 0.15) is 25.7 Å². The van der Waals surface area contributed by atoms with Gasteiger partial charge in [0.2, 0.25) is 5.91 Å². The van der Waals surface area contributed by atoms with Crippen LogP contribution in [0.15, 0.2) is 16.6 Å². The van der Waals surface area contributed by atoms with Crippen LogP contribution in [0.5, 0.6) is 0 Å². The molecule has 6 heteroatoms. The minimum absolute atomic E-state index is 0.167. The highest BCUT2D eigenvalue weighted by molar-refractivity contribution is 9.10. The second kappa shape index (κ2) is 5.77. The zero-order valence-electron chi connectivity index (χ0n) is 10.4. The maximum Gasteiger partial charge on any atom is 0.227 e. The molecule has 1 N–H and O–H groups in total. The molecule has 0 aromatic heterocycles. The maximum absolute atomic E-state index is 13.1. The summed E-state index contributed by atoms with van der Waals surface area (Å²) in [6, 6.07) is 2.42. The second-order valence-electron chi connectivity index (χ2n) is 4.71. The van der Waals surface area contributed by atoms with E-state index in [0.717, 1.165) is 25.3 Å². The summed E-state index contributed by atoms with van der Waals surface area (Å²) < 4.78 is 18.9. The fourth-order valence-corrected chi connectivity index (χ4v) is 3.06. The zero-order valence-corrected chi connectivity index (χ0v) is 12.8. The van der Waals surface area contributed by atoms with Crippen LogP contribution in [0.4, 0.5) is 10.1 Å². The van der Waals surface area contributed by atoms with Crippen molar-refractivity contribution in [1.82, 2.24) is 0 Å². The fraction of sp³-hybridized carbons (Fsp3) is 0.462. The summed E-state index contributed by atoms with van der Waals surface area (Å²) in [6.07, 6.45) is 3.12. The van der Waals surface area contributed by atoms with Crippen molar-refractivity contribution in [3.05, 3.63) is 27.4 Å². The van der Waals surface area contributed by atoms with Crippen LogP contribution in [0, 0.1) is 5.82 Å². The molecular formula is C13H14BrClFNO2. The standard InChI is InChI=1S/C13H14BrClFNO2/c1-19-13(3-2-4-13)7-11(18)17-12-9(14)5-8(16)6-10(12)15/h5-6H,2-4,7H2,1H3,(H,17,18). The van der Waals surface area contributed by atoms with Crippen LogP contribution in [-0.4, -0.2) is 18.6 Å². The summed E-state index contributed by atoms with van der Waals surface area (Å²) in [5.74, 6) is -0.641. The van der Waals surface area contributed by atoms with Crippen molar-refractivity contribution in [3.63, 3.8) is 0 Å². The number of ether oxygens (including phenoxy) is 1. The first-order chi connectivity index (χ1) is 8.96. The van der Waals surface area contributed by atoms with Gasteiger partial charge in [-0.25, -0.2) is 4.39 Å². The smallest absolute Gasteiger partial charge is 0.227 e. The van der Waals surface area contributed by atoms with Crippen molar-refractivity contribution >= 4 is 39.1 Å². The Bertz CT molecular complexity index is 477. The van der Waals surface area contributed by atoms with Gasteiger partial charge in [-0.05, 0) is 47.3 Å². The van der Waals surface area contributed by atoms with E-state index < -0.39 is 5.82 Å². The highest BCUT2D eigenvalue weighted by Crippen LogP contribution is 2.39. The molecule has 1 aliphatic carbocycles. The molecule has 0 aliphatic heterocycles. The molecule has 0 spiro atoms. The number of anilines is 1. The lowest BCUT2D eigenvalue weighted by atomic mass is 9.77. The van der Waals surface area contributed by atoms with E-state index in [1.54, 1.807) is 7.11 Å². The molecule has 1 aliphatic rings. The van der Waals surface area contributed by atoms with Gasteiger partial charge in [-0.2, -0.15) is 0 Å². The van der Waals surface area contributed by atoms with E-state index in [4.69, 9.17) is 16.3 Å². The first kappa shape index (κ1) is 14.8. The van der Waals surface area contributed by atoms with Crippen molar-refractivity contribution in [1.29, 1.82) is 0 Å². The number of hydrogen-bond donors (Lipinski definition) is 1. The Hall–Kier alpha value is -0.650. The SMILES string of the molecule is COC1(CC(=O)Nc2c(Cl)cc(F)cc2Br)CCC1. The van der Waals surface area contributed by atoms with E-state index in [-0.39, 0.29) is 23.0 Å². The van der Waals surface area contributed by atoms with Crippen LogP contribution in [0.3, 0.4) is 0 Å². The molecule has 0 bridgehead atoms. The molecule has 0 radical (unpaired) electrons. The van der Waals surface area contributed by atoms with E-state index in [2.05, 4.69) is 21.2 Å². The highest BCUT2D eigenvalue weighted by atomic mass is 79.9. The Kier molecular flexibility index (Phi) is 4.48.